The first-order chi connectivity index (χ1) is 12.0. The summed E-state index contributed by atoms with van der Waals surface area (Å²) in [5.74, 6) is 0.393. The van der Waals surface area contributed by atoms with Gasteiger partial charge in [0.2, 0.25) is 5.91 Å². The summed E-state index contributed by atoms with van der Waals surface area (Å²) in [6.45, 7) is 6.86. The van der Waals surface area contributed by atoms with Gasteiger partial charge >= 0.3 is 0 Å². The lowest BCUT2D eigenvalue weighted by atomic mass is 10.0. The number of rotatable bonds is 5. The smallest absolute Gasteiger partial charge is 0.230 e. The van der Waals surface area contributed by atoms with Crippen LogP contribution in [0.25, 0.3) is 10.9 Å². The number of hydrogen-bond donors (Lipinski definition) is 1. The van der Waals surface area contributed by atoms with Crippen molar-refractivity contribution in [2.45, 2.75) is 32.3 Å². The third-order valence-electron chi connectivity index (χ3n) is 4.37. The molecule has 3 aromatic rings. The molecule has 1 aromatic heterocycles. The largest absolute Gasteiger partial charge is 0.351 e. The maximum absolute atomic E-state index is 12.1. The first-order valence-electron chi connectivity index (χ1n) is 8.35. The second-order valence-electron chi connectivity index (χ2n) is 6.23. The molecule has 0 aliphatic rings. The van der Waals surface area contributed by atoms with Gasteiger partial charge in [0.15, 0.2) is 0 Å². The molecule has 1 amide bonds. The van der Waals surface area contributed by atoms with Gasteiger partial charge in [-0.3, -0.25) is 4.79 Å². The lowest BCUT2D eigenvalue weighted by molar-refractivity contribution is -0.118. The van der Waals surface area contributed by atoms with Crippen molar-refractivity contribution in [2.75, 3.05) is 5.75 Å². The van der Waals surface area contributed by atoms with Crippen LogP contribution in [-0.4, -0.2) is 16.6 Å². The van der Waals surface area contributed by atoms with Gasteiger partial charge in [-0.05, 0) is 49.1 Å². The minimum absolute atomic E-state index is 0.0226. The van der Waals surface area contributed by atoms with Gasteiger partial charge in [-0.2, -0.15) is 0 Å². The van der Waals surface area contributed by atoms with Gasteiger partial charge in [0.1, 0.15) is 0 Å². The lowest BCUT2D eigenvalue weighted by Gasteiger charge is -2.10. The normalized spacial score (nSPS) is 10.8. The van der Waals surface area contributed by atoms with Gasteiger partial charge in [0.05, 0.1) is 16.3 Å². The van der Waals surface area contributed by atoms with Crippen LogP contribution >= 0.6 is 11.8 Å². The van der Waals surface area contributed by atoms with E-state index in [-0.39, 0.29) is 5.91 Å². The molecule has 1 heterocycles. The Morgan fingerprint density at radius 2 is 1.80 bits per heavy atom. The highest BCUT2D eigenvalue weighted by molar-refractivity contribution is 7.99. The Morgan fingerprint density at radius 1 is 1.04 bits per heavy atom. The van der Waals surface area contributed by atoms with Crippen molar-refractivity contribution in [3.05, 3.63) is 70.8 Å². The first-order valence-corrected chi connectivity index (χ1v) is 9.34. The highest BCUT2D eigenvalue weighted by Crippen LogP contribution is 2.27. The van der Waals surface area contributed by atoms with Crippen LogP contribution in [0.3, 0.4) is 0 Å². The van der Waals surface area contributed by atoms with Crippen LogP contribution < -0.4 is 5.32 Å². The van der Waals surface area contributed by atoms with E-state index in [9.17, 15) is 4.79 Å². The van der Waals surface area contributed by atoms with Crippen LogP contribution in [0, 0.1) is 20.8 Å². The molecule has 0 radical (unpaired) electrons. The molecule has 0 fully saturated rings. The molecule has 0 saturated heterocycles. The number of carbonyl (C=O) groups excluding carboxylic acids is 1. The zero-order valence-corrected chi connectivity index (χ0v) is 15.6. The van der Waals surface area contributed by atoms with E-state index >= 15 is 0 Å². The number of nitrogens with one attached hydrogen (secondary N) is 1. The molecule has 3 rings (SSSR count). The minimum Gasteiger partial charge on any atom is -0.351 e. The number of thioether (sulfide) groups is 1. The Balaban J connectivity index is 1.66. The van der Waals surface area contributed by atoms with Crippen LogP contribution in [0.4, 0.5) is 0 Å². The summed E-state index contributed by atoms with van der Waals surface area (Å²) < 4.78 is 0. The Morgan fingerprint density at radius 3 is 2.56 bits per heavy atom. The average Bonchev–Trinajstić information content (AvgIpc) is 2.62. The number of aromatic nitrogens is 1. The maximum atomic E-state index is 12.1. The summed E-state index contributed by atoms with van der Waals surface area (Å²) in [6, 6.07) is 16.3. The van der Waals surface area contributed by atoms with E-state index in [0.29, 0.717) is 12.3 Å². The summed E-state index contributed by atoms with van der Waals surface area (Å²) in [5, 5.41) is 5.03. The molecule has 0 atom stereocenters. The van der Waals surface area contributed by atoms with Crippen molar-refractivity contribution in [2.24, 2.45) is 0 Å². The third kappa shape index (κ3) is 4.20. The van der Waals surface area contributed by atoms with Crippen molar-refractivity contribution >= 4 is 28.6 Å². The van der Waals surface area contributed by atoms with Crippen molar-refractivity contribution in [3.63, 3.8) is 0 Å². The van der Waals surface area contributed by atoms with E-state index in [1.807, 2.05) is 30.3 Å². The monoisotopic (exact) mass is 350 g/mol. The molecule has 0 aliphatic carbocycles. The van der Waals surface area contributed by atoms with Crippen LogP contribution in [0.2, 0.25) is 0 Å². The number of benzene rings is 2. The number of pyridine rings is 1. The molecule has 25 heavy (non-hydrogen) atoms. The molecular formula is C21H22N2OS. The van der Waals surface area contributed by atoms with E-state index in [4.69, 9.17) is 4.98 Å². The van der Waals surface area contributed by atoms with Crippen LogP contribution in [0.5, 0.6) is 0 Å². The second-order valence-corrected chi connectivity index (χ2v) is 7.23. The van der Waals surface area contributed by atoms with E-state index in [2.05, 4.69) is 44.3 Å². The summed E-state index contributed by atoms with van der Waals surface area (Å²) in [7, 11) is 0. The first kappa shape index (κ1) is 17.5. The minimum atomic E-state index is 0.0226. The van der Waals surface area contributed by atoms with E-state index in [1.54, 1.807) is 0 Å². The number of nitrogens with zero attached hydrogens (tertiary/aromatic N) is 1. The molecule has 2 aromatic carbocycles. The molecule has 0 saturated carbocycles. The summed E-state index contributed by atoms with van der Waals surface area (Å²) in [5.41, 5.74) is 5.78. The molecule has 0 aliphatic heterocycles. The molecule has 0 spiro atoms. The number of amides is 1. The van der Waals surface area contributed by atoms with Gasteiger partial charge in [-0.1, -0.05) is 54.2 Å². The quantitative estimate of drug-likeness (QED) is 0.686. The highest BCUT2D eigenvalue weighted by atomic mass is 32.2. The number of carbonyl (C=O) groups is 1. The summed E-state index contributed by atoms with van der Waals surface area (Å²) >= 11 is 1.48. The van der Waals surface area contributed by atoms with Gasteiger partial charge in [0, 0.05) is 11.9 Å². The maximum Gasteiger partial charge on any atom is 0.230 e. The van der Waals surface area contributed by atoms with Crippen LogP contribution in [0.1, 0.15) is 22.3 Å². The molecule has 0 unspecified atom stereocenters. The van der Waals surface area contributed by atoms with Gasteiger partial charge in [0.25, 0.3) is 0 Å². The standard InChI is InChI=1S/C21H22N2OS/c1-14-9-10-18-15(2)11-20(23-21(18)16(14)3)25-13-19(24)22-12-17-7-5-4-6-8-17/h4-11H,12-13H2,1-3H3,(H,22,24). The fraction of sp³-hybridized carbons (Fsp3) is 0.238. The summed E-state index contributed by atoms with van der Waals surface area (Å²) in [4.78, 5) is 16.9. The van der Waals surface area contributed by atoms with E-state index < -0.39 is 0 Å². The van der Waals surface area contributed by atoms with Crippen molar-refractivity contribution in [3.8, 4) is 0 Å². The Labute approximate surface area is 152 Å². The SMILES string of the molecule is Cc1ccc2c(C)cc(SCC(=O)NCc3ccccc3)nc2c1C. The topological polar surface area (TPSA) is 42.0 Å². The Kier molecular flexibility index (Phi) is 5.39. The highest BCUT2D eigenvalue weighted by Gasteiger charge is 2.09. The molecule has 0 bridgehead atoms. The third-order valence-corrected chi connectivity index (χ3v) is 5.28. The van der Waals surface area contributed by atoms with Crippen molar-refractivity contribution in [1.82, 2.24) is 10.3 Å². The van der Waals surface area contributed by atoms with Crippen LogP contribution in [0.15, 0.2) is 53.6 Å². The van der Waals surface area contributed by atoms with Gasteiger partial charge in [-0.15, -0.1) is 0 Å². The van der Waals surface area contributed by atoms with Gasteiger partial charge < -0.3 is 5.32 Å². The fourth-order valence-electron chi connectivity index (χ4n) is 2.73. The Hall–Kier alpha value is -2.33. The zero-order valence-electron chi connectivity index (χ0n) is 14.8. The predicted octanol–water partition coefficient (Wildman–Crippen LogP) is 4.57. The average molecular weight is 350 g/mol. The number of aryl methyl sites for hydroxylation is 3. The molecule has 3 nitrogen and oxygen atoms in total. The fourth-order valence-corrected chi connectivity index (χ4v) is 3.53. The second kappa shape index (κ2) is 7.70. The zero-order chi connectivity index (χ0) is 17.8. The van der Waals surface area contributed by atoms with Gasteiger partial charge in [-0.25, -0.2) is 4.98 Å². The number of fused-ring (bicyclic) bond motifs is 1. The molecule has 128 valence electrons. The Bertz CT molecular complexity index is 907. The van der Waals surface area contributed by atoms with Crippen molar-refractivity contribution in [1.29, 1.82) is 0 Å². The molecular weight excluding hydrogens is 328 g/mol. The van der Waals surface area contributed by atoms with Crippen molar-refractivity contribution < 1.29 is 4.79 Å². The molecule has 1 N–H and O–H groups in total. The number of hydrogen-bond acceptors (Lipinski definition) is 3. The molecule has 4 heteroatoms. The van der Waals surface area contributed by atoms with E-state index in [1.165, 1.54) is 33.8 Å². The van der Waals surface area contributed by atoms with E-state index in [0.717, 1.165) is 16.1 Å². The van der Waals surface area contributed by atoms with Crippen LogP contribution in [-0.2, 0) is 11.3 Å². The summed E-state index contributed by atoms with van der Waals surface area (Å²) in [6.07, 6.45) is 0. The lowest BCUT2D eigenvalue weighted by Crippen LogP contribution is -2.24. The predicted molar refractivity (Wildman–Crippen MR) is 105 cm³/mol.